The molecule has 3 amide bonds. The maximum Gasteiger partial charge on any atom is 0.251 e. The fraction of sp³-hybridized carbons (Fsp3) is 0.290. The van der Waals surface area contributed by atoms with Crippen molar-refractivity contribution in [1.82, 2.24) is 10.2 Å². The van der Waals surface area contributed by atoms with Crippen molar-refractivity contribution in [2.45, 2.75) is 26.2 Å². The minimum Gasteiger partial charge on any atom is -0.352 e. The van der Waals surface area contributed by atoms with E-state index in [0.29, 0.717) is 35.7 Å². The van der Waals surface area contributed by atoms with E-state index < -0.39 is 5.92 Å². The van der Waals surface area contributed by atoms with E-state index >= 15 is 0 Å². The molecule has 0 aliphatic carbocycles. The number of nitrogens with zero attached hydrogens (tertiary/aromatic N) is 3. The normalized spacial score (nSPS) is 14.6. The maximum atomic E-state index is 13.3. The van der Waals surface area contributed by atoms with E-state index in [0.717, 1.165) is 29.8 Å². The van der Waals surface area contributed by atoms with E-state index in [1.165, 1.54) is 0 Å². The molecular weight excluding hydrogens is 490 g/mol. The monoisotopic (exact) mass is 525 g/mol. The Hall–Kier alpha value is -4.30. The highest BCUT2D eigenvalue weighted by Crippen LogP contribution is 2.37. The topological polar surface area (TPSA) is 94.1 Å². The van der Waals surface area contributed by atoms with Crippen LogP contribution < -0.4 is 15.5 Å². The van der Waals surface area contributed by atoms with Gasteiger partial charge in [0.25, 0.3) is 5.91 Å². The predicted octanol–water partition coefficient (Wildman–Crippen LogP) is 4.60. The van der Waals surface area contributed by atoms with E-state index in [4.69, 9.17) is 4.99 Å². The Kier molecular flexibility index (Phi) is 8.88. The molecule has 0 saturated carbocycles. The van der Waals surface area contributed by atoms with Gasteiger partial charge in [-0.2, -0.15) is 0 Å². The van der Waals surface area contributed by atoms with Gasteiger partial charge in [-0.05, 0) is 81.5 Å². The summed E-state index contributed by atoms with van der Waals surface area (Å²) in [5, 5.41) is 5.73. The molecule has 1 heterocycles. The highest BCUT2D eigenvalue weighted by molar-refractivity contribution is 6.24. The van der Waals surface area contributed by atoms with Crippen LogP contribution in [0.15, 0.2) is 77.8 Å². The zero-order chi connectivity index (χ0) is 27.9. The van der Waals surface area contributed by atoms with Gasteiger partial charge in [-0.1, -0.05) is 36.4 Å². The van der Waals surface area contributed by atoms with E-state index in [2.05, 4.69) is 15.5 Å². The first-order chi connectivity index (χ1) is 18.8. The number of rotatable bonds is 10. The third-order valence-electron chi connectivity index (χ3n) is 6.60. The second-order valence-corrected chi connectivity index (χ2v) is 9.79. The van der Waals surface area contributed by atoms with Gasteiger partial charge in [-0.25, -0.2) is 0 Å². The first-order valence-corrected chi connectivity index (χ1v) is 13.2. The molecule has 2 N–H and O–H groups in total. The zero-order valence-electron chi connectivity index (χ0n) is 22.9. The number of benzene rings is 3. The molecule has 0 spiro atoms. The van der Waals surface area contributed by atoms with Crippen molar-refractivity contribution in [3.63, 3.8) is 0 Å². The minimum absolute atomic E-state index is 0.0128. The molecule has 8 nitrogen and oxygen atoms in total. The Morgan fingerprint density at radius 2 is 1.67 bits per heavy atom. The average Bonchev–Trinajstić information content (AvgIpc) is 3.25. The number of nitrogens with one attached hydrogen (secondary N) is 2. The van der Waals surface area contributed by atoms with E-state index in [1.54, 1.807) is 24.0 Å². The van der Waals surface area contributed by atoms with Gasteiger partial charge < -0.3 is 20.4 Å². The molecule has 0 saturated heterocycles. The minimum atomic E-state index is -0.634. The molecule has 3 aromatic rings. The fourth-order valence-corrected chi connectivity index (χ4v) is 4.70. The fourth-order valence-electron chi connectivity index (χ4n) is 4.70. The van der Waals surface area contributed by atoms with Crippen molar-refractivity contribution in [2.75, 3.05) is 43.9 Å². The molecule has 0 radical (unpaired) electrons. The van der Waals surface area contributed by atoms with Crippen molar-refractivity contribution in [1.29, 1.82) is 0 Å². The number of aliphatic imine (C=N–C) groups is 1. The third kappa shape index (κ3) is 6.59. The van der Waals surface area contributed by atoms with Crippen molar-refractivity contribution < 1.29 is 14.4 Å². The Bertz CT molecular complexity index is 1370. The zero-order valence-corrected chi connectivity index (χ0v) is 22.9. The predicted molar refractivity (Wildman–Crippen MR) is 156 cm³/mol. The van der Waals surface area contributed by atoms with Crippen LogP contribution in [0, 0.1) is 0 Å². The van der Waals surface area contributed by atoms with Gasteiger partial charge >= 0.3 is 0 Å². The highest BCUT2D eigenvalue weighted by Gasteiger charge is 2.35. The smallest absolute Gasteiger partial charge is 0.251 e. The molecule has 1 unspecified atom stereocenters. The van der Waals surface area contributed by atoms with Crippen molar-refractivity contribution >= 4 is 40.5 Å². The summed E-state index contributed by atoms with van der Waals surface area (Å²) in [6.07, 6.45) is 0.864. The van der Waals surface area contributed by atoms with Crippen LogP contribution in [0.4, 0.5) is 17.1 Å². The lowest BCUT2D eigenvalue weighted by atomic mass is 9.90. The van der Waals surface area contributed by atoms with Crippen LogP contribution in [0.5, 0.6) is 0 Å². The van der Waals surface area contributed by atoms with Gasteiger partial charge in [0.05, 0.1) is 11.4 Å². The summed E-state index contributed by atoms with van der Waals surface area (Å²) in [7, 11) is 4.03. The standard InChI is InChI=1S/C31H35N5O3/c1-5-32-30(38)23-12-17-26-27(20-23)34-31(39)28(26)29(22-10-7-6-8-11-22)33-24-13-15-25(16-14-24)36(21(2)37)19-9-18-35(3)4/h6-8,10-17,20,28H,5,9,18-19H2,1-4H3,(H,32,38)(H,34,39). The first kappa shape index (κ1) is 27.7. The Morgan fingerprint density at radius 1 is 0.949 bits per heavy atom. The summed E-state index contributed by atoms with van der Waals surface area (Å²) in [5.74, 6) is -1.02. The van der Waals surface area contributed by atoms with Crippen molar-refractivity contribution in [3.8, 4) is 0 Å². The lowest BCUT2D eigenvalue weighted by Crippen LogP contribution is -2.31. The number of amides is 3. The average molecular weight is 526 g/mol. The summed E-state index contributed by atoms with van der Waals surface area (Å²) in [6.45, 7) is 5.48. The van der Waals surface area contributed by atoms with Gasteiger partial charge in [0, 0.05) is 37.0 Å². The number of hydrogen-bond acceptors (Lipinski definition) is 5. The Morgan fingerprint density at radius 3 is 2.31 bits per heavy atom. The number of anilines is 2. The van der Waals surface area contributed by atoms with Gasteiger partial charge in [-0.15, -0.1) is 0 Å². The summed E-state index contributed by atoms with van der Waals surface area (Å²) >= 11 is 0. The molecule has 1 aliphatic rings. The molecule has 0 aromatic heterocycles. The molecule has 4 rings (SSSR count). The third-order valence-corrected chi connectivity index (χ3v) is 6.60. The maximum absolute atomic E-state index is 13.3. The van der Waals surface area contributed by atoms with Crippen LogP contribution in [-0.2, 0) is 9.59 Å². The van der Waals surface area contributed by atoms with Crippen LogP contribution in [0.25, 0.3) is 0 Å². The molecule has 8 heteroatoms. The summed E-state index contributed by atoms with van der Waals surface area (Å²) in [6, 6.07) is 22.4. The van der Waals surface area contributed by atoms with Crippen LogP contribution >= 0.6 is 0 Å². The lowest BCUT2D eigenvalue weighted by Gasteiger charge is -2.22. The van der Waals surface area contributed by atoms with Gasteiger partial charge in [-0.3, -0.25) is 19.4 Å². The summed E-state index contributed by atoms with van der Waals surface area (Å²) < 4.78 is 0. The Balaban J connectivity index is 1.68. The van der Waals surface area contributed by atoms with Crippen molar-refractivity contribution in [3.05, 3.63) is 89.5 Å². The SMILES string of the molecule is CCNC(=O)c1ccc2c(c1)NC(=O)C2C(=Nc1ccc(N(CCCN(C)C)C(C)=O)cc1)c1ccccc1. The molecule has 0 fully saturated rings. The Labute approximate surface area is 229 Å². The largest absolute Gasteiger partial charge is 0.352 e. The summed E-state index contributed by atoms with van der Waals surface area (Å²) in [4.78, 5) is 46.7. The molecule has 1 aliphatic heterocycles. The molecule has 3 aromatic carbocycles. The first-order valence-electron chi connectivity index (χ1n) is 13.2. The number of carbonyl (C=O) groups excluding carboxylic acids is 3. The number of carbonyl (C=O) groups is 3. The van der Waals surface area contributed by atoms with Crippen LogP contribution in [0.1, 0.15) is 47.7 Å². The van der Waals surface area contributed by atoms with E-state index in [9.17, 15) is 14.4 Å². The molecular formula is C31H35N5O3. The second-order valence-electron chi connectivity index (χ2n) is 9.79. The molecule has 202 valence electrons. The summed E-state index contributed by atoms with van der Waals surface area (Å²) in [5.41, 5.74) is 4.80. The van der Waals surface area contributed by atoms with Crippen LogP contribution in [0.2, 0.25) is 0 Å². The molecule has 0 bridgehead atoms. The van der Waals surface area contributed by atoms with Gasteiger partial charge in [0.15, 0.2) is 0 Å². The quantitative estimate of drug-likeness (QED) is 0.379. The molecule has 1 atom stereocenters. The second kappa shape index (κ2) is 12.5. The van der Waals surface area contributed by atoms with Gasteiger partial charge in [0.2, 0.25) is 11.8 Å². The lowest BCUT2D eigenvalue weighted by molar-refractivity contribution is -0.117. The van der Waals surface area contributed by atoms with Crippen LogP contribution in [0.3, 0.4) is 0 Å². The van der Waals surface area contributed by atoms with E-state index in [-0.39, 0.29) is 17.7 Å². The number of fused-ring (bicyclic) bond motifs is 1. The van der Waals surface area contributed by atoms with Gasteiger partial charge in [0.1, 0.15) is 5.92 Å². The number of hydrogen-bond donors (Lipinski definition) is 2. The van der Waals surface area contributed by atoms with E-state index in [1.807, 2.05) is 81.7 Å². The highest BCUT2D eigenvalue weighted by atomic mass is 16.2. The van der Waals surface area contributed by atoms with Crippen molar-refractivity contribution in [2.24, 2.45) is 4.99 Å². The van der Waals surface area contributed by atoms with Crippen LogP contribution in [-0.4, -0.2) is 62.1 Å². The molecule has 39 heavy (non-hydrogen) atoms.